The number of nitrogens with zero attached hydrogens (tertiary/aromatic N) is 5. The number of carboxylic acids is 1. The number of aromatic nitrogens is 5. The molecule has 106 valence electrons. The lowest BCUT2D eigenvalue weighted by Crippen LogP contribution is -2.13. The van der Waals surface area contributed by atoms with Crippen LogP contribution >= 0.6 is 22.6 Å². The van der Waals surface area contributed by atoms with Gasteiger partial charge in [-0.05, 0) is 47.6 Å². The highest BCUT2D eigenvalue weighted by atomic mass is 127. The summed E-state index contributed by atoms with van der Waals surface area (Å²) < 4.78 is 15.8. The number of alkyl halides is 1. The van der Waals surface area contributed by atoms with Crippen LogP contribution in [0, 0.1) is 3.70 Å². The number of rotatable bonds is 6. The van der Waals surface area contributed by atoms with Crippen LogP contribution in [0.4, 0.5) is 4.39 Å². The molecule has 0 amide bonds. The fourth-order valence-corrected chi connectivity index (χ4v) is 1.85. The average molecular weight is 391 g/mol. The van der Waals surface area contributed by atoms with Gasteiger partial charge in [-0.3, -0.25) is 0 Å². The fraction of sp³-hybridized carbons (Fsp3) is 0.364. The summed E-state index contributed by atoms with van der Waals surface area (Å²) >= 11 is 2.05. The van der Waals surface area contributed by atoms with E-state index >= 15 is 0 Å². The zero-order valence-electron chi connectivity index (χ0n) is 10.3. The quantitative estimate of drug-likeness (QED) is 0.748. The molecule has 2 aromatic rings. The average Bonchev–Trinajstić information content (AvgIpc) is 2.87. The zero-order valence-corrected chi connectivity index (χ0v) is 12.4. The van der Waals surface area contributed by atoms with Crippen LogP contribution in [0.5, 0.6) is 0 Å². The predicted octanol–water partition coefficient (Wildman–Crippen LogP) is 1.34. The van der Waals surface area contributed by atoms with Crippen LogP contribution in [0.15, 0.2) is 18.3 Å². The van der Waals surface area contributed by atoms with E-state index in [0.29, 0.717) is 6.42 Å². The zero-order chi connectivity index (χ0) is 14.5. The van der Waals surface area contributed by atoms with Gasteiger partial charge in [-0.2, -0.15) is 5.10 Å². The van der Waals surface area contributed by atoms with Crippen LogP contribution in [0.2, 0.25) is 0 Å². The second-order valence-electron chi connectivity index (χ2n) is 4.11. The van der Waals surface area contributed by atoms with Crippen molar-refractivity contribution < 1.29 is 14.3 Å². The molecule has 0 radical (unpaired) electrons. The van der Waals surface area contributed by atoms with Gasteiger partial charge in [0.2, 0.25) is 0 Å². The molecule has 0 aliphatic carbocycles. The molecule has 0 bridgehead atoms. The highest BCUT2D eigenvalue weighted by Crippen LogP contribution is 2.08. The van der Waals surface area contributed by atoms with Crippen LogP contribution in [-0.4, -0.2) is 42.4 Å². The van der Waals surface area contributed by atoms with Gasteiger partial charge in [0.1, 0.15) is 9.87 Å². The molecular weight excluding hydrogens is 380 g/mol. The third-order valence-electron chi connectivity index (χ3n) is 2.54. The molecule has 2 heterocycles. The Morgan fingerprint density at radius 2 is 2.20 bits per heavy atom. The molecule has 2 rings (SSSR count). The summed E-state index contributed by atoms with van der Waals surface area (Å²) in [5.41, 5.74) is 0.526. The van der Waals surface area contributed by atoms with E-state index in [9.17, 15) is 9.18 Å². The molecule has 9 heteroatoms. The Morgan fingerprint density at radius 1 is 1.40 bits per heavy atom. The molecule has 0 aliphatic heterocycles. The van der Waals surface area contributed by atoms with Crippen molar-refractivity contribution >= 4 is 28.6 Å². The van der Waals surface area contributed by atoms with Gasteiger partial charge in [0.25, 0.3) is 0 Å². The highest BCUT2D eigenvalue weighted by molar-refractivity contribution is 14.1. The van der Waals surface area contributed by atoms with Crippen LogP contribution in [0.3, 0.4) is 0 Å². The summed E-state index contributed by atoms with van der Waals surface area (Å²) in [6.45, 7) is -0.0297. The first-order valence-electron chi connectivity index (χ1n) is 5.80. The minimum absolute atomic E-state index is 0.0297. The van der Waals surface area contributed by atoms with Gasteiger partial charge < -0.3 is 5.11 Å². The van der Waals surface area contributed by atoms with Gasteiger partial charge in [0, 0.05) is 0 Å². The van der Waals surface area contributed by atoms with Crippen molar-refractivity contribution in [2.45, 2.75) is 25.6 Å². The number of aryl methyl sites for hydroxylation is 1. The van der Waals surface area contributed by atoms with Crippen molar-refractivity contribution in [1.82, 2.24) is 25.2 Å². The van der Waals surface area contributed by atoms with Crippen LogP contribution < -0.4 is 0 Å². The van der Waals surface area contributed by atoms with Crippen LogP contribution in [-0.2, 0) is 13.0 Å². The molecule has 7 nitrogen and oxygen atoms in total. The fourth-order valence-electron chi connectivity index (χ4n) is 1.56. The summed E-state index contributed by atoms with van der Waals surface area (Å²) in [6, 6.07) is 3.62. The summed E-state index contributed by atoms with van der Waals surface area (Å²) in [4.78, 5) is 10.6. The topological polar surface area (TPSA) is 93.8 Å². The summed E-state index contributed by atoms with van der Waals surface area (Å²) in [5, 5.41) is 23.5. The summed E-state index contributed by atoms with van der Waals surface area (Å²) in [5.74, 6) is -1.18. The van der Waals surface area contributed by atoms with Crippen molar-refractivity contribution in [3.8, 4) is 0 Å². The Bertz CT molecular complexity index is 589. The van der Waals surface area contributed by atoms with E-state index in [1.807, 2.05) is 28.7 Å². The van der Waals surface area contributed by atoms with E-state index < -0.39 is 12.1 Å². The lowest BCUT2D eigenvalue weighted by atomic mass is 10.1. The van der Waals surface area contributed by atoms with Crippen molar-refractivity contribution in [2.24, 2.45) is 0 Å². The van der Waals surface area contributed by atoms with E-state index in [1.165, 1.54) is 10.9 Å². The highest BCUT2D eigenvalue weighted by Gasteiger charge is 2.13. The normalized spacial score (nSPS) is 12.3. The van der Waals surface area contributed by atoms with E-state index in [4.69, 9.17) is 5.11 Å². The molecule has 0 saturated carbocycles. The molecule has 20 heavy (non-hydrogen) atoms. The minimum Gasteiger partial charge on any atom is -0.476 e. The van der Waals surface area contributed by atoms with E-state index in [-0.39, 0.29) is 18.7 Å². The van der Waals surface area contributed by atoms with Crippen LogP contribution in [0.1, 0.15) is 22.6 Å². The maximum atomic E-state index is 13.8. The summed E-state index contributed by atoms with van der Waals surface area (Å²) in [7, 11) is 0. The molecule has 0 aliphatic rings. The van der Waals surface area contributed by atoms with E-state index in [0.717, 1.165) is 9.39 Å². The Morgan fingerprint density at radius 3 is 2.80 bits per heavy atom. The number of hydrogen-bond acceptors (Lipinski definition) is 5. The predicted molar refractivity (Wildman–Crippen MR) is 74.9 cm³/mol. The molecule has 0 fully saturated rings. The van der Waals surface area contributed by atoms with Crippen molar-refractivity contribution in [2.75, 3.05) is 0 Å². The number of halogens is 2. The first-order chi connectivity index (χ1) is 9.54. The van der Waals surface area contributed by atoms with Gasteiger partial charge in [0.15, 0.2) is 5.69 Å². The van der Waals surface area contributed by atoms with Crippen molar-refractivity contribution in [1.29, 1.82) is 0 Å². The molecule has 0 aromatic carbocycles. The Balaban J connectivity index is 1.84. The SMILES string of the molecule is O=C(O)c1cn(CC(F)CCc2ccc(I)nn2)nn1. The largest absolute Gasteiger partial charge is 0.476 e. The van der Waals surface area contributed by atoms with Crippen LogP contribution in [0.25, 0.3) is 0 Å². The second kappa shape index (κ2) is 6.68. The number of carboxylic acid groups (broad SMARTS) is 1. The third kappa shape index (κ3) is 4.18. The molecule has 0 saturated heterocycles. The number of aromatic carboxylic acids is 1. The van der Waals surface area contributed by atoms with Gasteiger partial charge >= 0.3 is 5.97 Å². The van der Waals surface area contributed by atoms with Gasteiger partial charge in [-0.15, -0.1) is 10.2 Å². The smallest absolute Gasteiger partial charge is 0.358 e. The monoisotopic (exact) mass is 391 g/mol. The lowest BCUT2D eigenvalue weighted by Gasteiger charge is -2.07. The Hall–Kier alpha value is -1.65. The van der Waals surface area contributed by atoms with Gasteiger partial charge in [-0.25, -0.2) is 13.9 Å². The second-order valence-corrected chi connectivity index (χ2v) is 5.22. The minimum atomic E-state index is -1.18. The molecule has 0 spiro atoms. The molecule has 1 atom stereocenters. The maximum absolute atomic E-state index is 13.8. The lowest BCUT2D eigenvalue weighted by molar-refractivity contribution is 0.0690. The standard InChI is InChI=1S/C11H11FIN5O2/c12-7(1-2-8-3-4-10(13)16-14-8)5-18-6-9(11(19)20)15-17-18/h3-4,6-7H,1-2,5H2,(H,19,20). The van der Waals surface area contributed by atoms with Crippen molar-refractivity contribution in [3.05, 3.63) is 33.4 Å². The Kier molecular flexibility index (Phi) is 4.93. The van der Waals surface area contributed by atoms with E-state index in [2.05, 4.69) is 20.5 Å². The molecular formula is C11H11FIN5O2. The van der Waals surface area contributed by atoms with E-state index in [1.54, 1.807) is 6.07 Å². The number of carbonyl (C=O) groups is 1. The maximum Gasteiger partial charge on any atom is 0.358 e. The number of hydrogen-bond donors (Lipinski definition) is 1. The molecule has 1 unspecified atom stereocenters. The summed E-state index contributed by atoms with van der Waals surface area (Å²) in [6.07, 6.45) is 0.780. The van der Waals surface area contributed by atoms with Gasteiger partial charge in [0.05, 0.1) is 18.4 Å². The van der Waals surface area contributed by atoms with Crippen molar-refractivity contribution in [3.63, 3.8) is 0 Å². The van der Waals surface area contributed by atoms with Gasteiger partial charge in [-0.1, -0.05) is 5.21 Å². The first kappa shape index (κ1) is 14.8. The third-order valence-corrected chi connectivity index (χ3v) is 3.12. The molecule has 1 N–H and O–H groups in total. The first-order valence-corrected chi connectivity index (χ1v) is 6.88. The Labute approximate surface area is 127 Å². The molecule has 2 aromatic heterocycles.